The topological polar surface area (TPSA) is 168 Å². The summed E-state index contributed by atoms with van der Waals surface area (Å²) in [7, 11) is 0. The van der Waals surface area contributed by atoms with E-state index < -0.39 is 0 Å². The lowest BCUT2D eigenvalue weighted by atomic mass is 10.2. The summed E-state index contributed by atoms with van der Waals surface area (Å²) < 4.78 is 17.7. The van der Waals surface area contributed by atoms with Gasteiger partial charge in [-0.2, -0.15) is 0 Å². The van der Waals surface area contributed by atoms with Gasteiger partial charge < -0.3 is 56.8 Å². The van der Waals surface area contributed by atoms with Gasteiger partial charge in [0.05, 0.1) is 6.26 Å². The number of nitrogens with two attached hydrogens (primary N) is 1. The molecule has 0 aliphatic carbocycles. The number of amides is 2. The fourth-order valence-corrected chi connectivity index (χ4v) is 5.29. The van der Waals surface area contributed by atoms with Gasteiger partial charge in [-0.3, -0.25) is 9.59 Å². The molecule has 8 N–H and O–H groups in total. The second kappa shape index (κ2) is 25.8. The summed E-state index contributed by atoms with van der Waals surface area (Å²) >= 11 is 0. The van der Waals surface area contributed by atoms with Crippen LogP contribution in [0.15, 0.2) is 71.5 Å². The first-order chi connectivity index (χ1) is 25.0. The van der Waals surface area contributed by atoms with Crippen LogP contribution in [0.1, 0.15) is 17.5 Å². The van der Waals surface area contributed by atoms with Crippen LogP contribution in [0.3, 0.4) is 0 Å². The zero-order valence-corrected chi connectivity index (χ0v) is 30.0. The van der Waals surface area contributed by atoms with Crippen molar-refractivity contribution in [3.8, 4) is 0 Å². The van der Waals surface area contributed by atoms with Crippen LogP contribution in [0.5, 0.6) is 0 Å². The maximum absolute atomic E-state index is 12.6. The third-order valence-corrected chi connectivity index (χ3v) is 8.01. The van der Waals surface area contributed by atoms with Crippen LogP contribution in [0.2, 0.25) is 0 Å². The van der Waals surface area contributed by atoms with Crippen LogP contribution in [-0.2, 0) is 4.79 Å². The number of benzene rings is 1. The molecule has 7 rings (SSSR count). The van der Waals surface area contributed by atoms with E-state index in [-0.39, 0.29) is 17.6 Å². The standard InChI is InChI=1S/C10H13FN2.C9H13N3.C9H12N2O2.C4H10N2O.C4H10N2/c11-9-1-3-10(4-2-9)13-7-5-12-6-8-13;1-2-4-11-9(3-1)12-7-5-10-6-8-12;12-9(8-2-1-7-13-8)11-5-3-10-4-6-11;1-4(7)6-3-2-5;1-2-6-4-3-5-1/h1-4,12H,5-8H2;1-4,10H,5-8H2;1-2,7,10H,3-6H2;2-3,5H2,1H3,(H,6,7);5-6H,1-4H2. The number of hydrogen-bond acceptors (Lipinski definition) is 12. The fraction of sp³-hybridized carbons (Fsp3) is 0.528. The molecule has 0 saturated carbocycles. The van der Waals surface area contributed by atoms with Crippen LogP contribution >= 0.6 is 0 Å². The van der Waals surface area contributed by atoms with E-state index in [1.54, 1.807) is 17.0 Å². The predicted octanol–water partition coefficient (Wildman–Crippen LogP) is 0.312. The van der Waals surface area contributed by atoms with Crippen LogP contribution in [0.25, 0.3) is 0 Å². The Morgan fingerprint density at radius 2 is 1.29 bits per heavy atom. The van der Waals surface area contributed by atoms with E-state index in [9.17, 15) is 14.0 Å². The van der Waals surface area contributed by atoms with Crippen molar-refractivity contribution in [2.24, 2.45) is 5.73 Å². The van der Waals surface area contributed by atoms with Crippen molar-refractivity contribution in [3.63, 3.8) is 0 Å². The lowest BCUT2D eigenvalue weighted by Gasteiger charge is -2.29. The number of pyridine rings is 1. The lowest BCUT2D eigenvalue weighted by molar-refractivity contribution is -0.118. The van der Waals surface area contributed by atoms with Crippen molar-refractivity contribution in [1.29, 1.82) is 0 Å². The van der Waals surface area contributed by atoms with E-state index in [1.807, 2.05) is 30.5 Å². The molecule has 2 aromatic heterocycles. The normalized spacial score (nSPS) is 17.0. The van der Waals surface area contributed by atoms with Gasteiger partial charge in [0, 0.05) is 137 Å². The number of nitrogens with zero attached hydrogens (tertiary/aromatic N) is 4. The van der Waals surface area contributed by atoms with Gasteiger partial charge in [-0.15, -0.1) is 0 Å². The van der Waals surface area contributed by atoms with Gasteiger partial charge in [0.1, 0.15) is 11.6 Å². The maximum atomic E-state index is 12.6. The molecule has 4 aliphatic rings. The van der Waals surface area contributed by atoms with Crippen LogP contribution in [-0.4, -0.2) is 140 Å². The first-order valence-electron chi connectivity index (χ1n) is 17.9. The number of anilines is 2. The molecule has 4 fully saturated rings. The Morgan fingerprint density at radius 3 is 1.75 bits per heavy atom. The Hall–Kier alpha value is -4.12. The Balaban J connectivity index is 0.000000178. The third-order valence-electron chi connectivity index (χ3n) is 8.01. The summed E-state index contributed by atoms with van der Waals surface area (Å²) in [5.41, 5.74) is 6.18. The highest BCUT2D eigenvalue weighted by Gasteiger charge is 2.19. The molecule has 51 heavy (non-hydrogen) atoms. The van der Waals surface area contributed by atoms with Gasteiger partial charge in [0.15, 0.2) is 5.76 Å². The van der Waals surface area contributed by atoms with E-state index in [4.69, 9.17) is 10.2 Å². The number of hydrogen-bond donors (Lipinski definition) is 7. The number of aromatic nitrogens is 1. The Morgan fingerprint density at radius 1 is 0.745 bits per heavy atom. The largest absolute Gasteiger partial charge is 0.459 e. The average molecular weight is 712 g/mol. The van der Waals surface area contributed by atoms with Gasteiger partial charge >= 0.3 is 0 Å². The van der Waals surface area contributed by atoms with Crippen molar-refractivity contribution >= 4 is 23.3 Å². The smallest absolute Gasteiger partial charge is 0.289 e. The summed E-state index contributed by atoms with van der Waals surface area (Å²) in [6.07, 6.45) is 3.37. The molecule has 6 heterocycles. The second-order valence-electron chi connectivity index (χ2n) is 11.9. The summed E-state index contributed by atoms with van der Waals surface area (Å²) in [6.45, 7) is 18.7. The van der Waals surface area contributed by atoms with E-state index in [0.717, 1.165) is 116 Å². The fourth-order valence-electron chi connectivity index (χ4n) is 5.29. The van der Waals surface area contributed by atoms with Gasteiger partial charge in [0.2, 0.25) is 5.91 Å². The summed E-state index contributed by atoms with van der Waals surface area (Å²) in [6, 6.07) is 16.2. The molecule has 15 heteroatoms. The van der Waals surface area contributed by atoms with Crippen molar-refractivity contribution in [1.82, 2.24) is 41.8 Å². The minimum absolute atomic E-state index is 0.00787. The second-order valence-corrected chi connectivity index (χ2v) is 11.9. The number of carbonyl (C=O) groups is 2. The van der Waals surface area contributed by atoms with Crippen molar-refractivity contribution in [3.05, 3.63) is 78.6 Å². The van der Waals surface area contributed by atoms with Gasteiger partial charge in [-0.25, -0.2) is 9.37 Å². The maximum Gasteiger partial charge on any atom is 0.289 e. The molecule has 0 bridgehead atoms. The van der Waals surface area contributed by atoms with E-state index in [2.05, 4.69) is 52.8 Å². The Kier molecular flexibility index (Phi) is 20.9. The molecule has 4 aliphatic heterocycles. The Bertz CT molecular complexity index is 1290. The lowest BCUT2D eigenvalue weighted by Crippen LogP contribution is -2.46. The van der Waals surface area contributed by atoms with Crippen molar-refractivity contribution < 1.29 is 18.4 Å². The number of halogens is 1. The molecule has 0 spiro atoms. The SMILES string of the molecule is C1CNCCN1.CC(=O)NCCN.Fc1ccc(N2CCNCC2)cc1.O=C(c1ccco1)N1CCNCC1.c1ccc(N2CCNCC2)nc1. The summed E-state index contributed by atoms with van der Waals surface area (Å²) in [5, 5.41) is 18.8. The quantitative estimate of drug-likeness (QED) is 0.194. The Labute approximate surface area is 302 Å². The van der Waals surface area contributed by atoms with Crippen LogP contribution in [0, 0.1) is 5.82 Å². The highest BCUT2D eigenvalue weighted by atomic mass is 19.1. The van der Waals surface area contributed by atoms with Gasteiger partial charge in [-0.05, 0) is 48.5 Å². The predicted molar refractivity (Wildman–Crippen MR) is 202 cm³/mol. The van der Waals surface area contributed by atoms with Crippen LogP contribution < -0.4 is 47.4 Å². The summed E-state index contributed by atoms with van der Waals surface area (Å²) in [4.78, 5) is 32.4. The van der Waals surface area contributed by atoms with Gasteiger partial charge in [0.25, 0.3) is 5.91 Å². The zero-order valence-electron chi connectivity index (χ0n) is 30.0. The minimum atomic E-state index is -0.168. The van der Waals surface area contributed by atoms with Crippen LogP contribution in [0.4, 0.5) is 15.9 Å². The van der Waals surface area contributed by atoms with E-state index >= 15 is 0 Å². The molecule has 2 amide bonds. The number of furan rings is 1. The van der Waals surface area contributed by atoms with Gasteiger partial charge in [-0.1, -0.05) is 6.07 Å². The van der Waals surface area contributed by atoms with E-state index in [1.165, 1.54) is 25.3 Å². The molecule has 0 radical (unpaired) electrons. The highest BCUT2D eigenvalue weighted by molar-refractivity contribution is 5.91. The monoisotopic (exact) mass is 711 g/mol. The number of carbonyl (C=O) groups excluding carboxylic acids is 2. The molecular weight excluding hydrogens is 653 g/mol. The molecule has 0 atom stereocenters. The zero-order chi connectivity index (χ0) is 36.4. The van der Waals surface area contributed by atoms with Crippen molar-refractivity contribution in [2.75, 3.05) is 128 Å². The number of piperazine rings is 4. The first kappa shape index (κ1) is 41.3. The molecular formula is C36H58FN11O3. The minimum Gasteiger partial charge on any atom is -0.459 e. The number of rotatable bonds is 5. The average Bonchev–Trinajstić information content (AvgIpc) is 3.76. The molecule has 1 aromatic carbocycles. The third kappa shape index (κ3) is 17.6. The molecule has 282 valence electrons. The molecule has 4 saturated heterocycles. The molecule has 0 unspecified atom stereocenters. The summed E-state index contributed by atoms with van der Waals surface area (Å²) in [5.74, 6) is 1.33. The van der Waals surface area contributed by atoms with Crippen molar-refractivity contribution in [2.45, 2.75) is 6.92 Å². The van der Waals surface area contributed by atoms with E-state index in [0.29, 0.717) is 18.8 Å². The molecule has 14 nitrogen and oxygen atoms in total. The highest BCUT2D eigenvalue weighted by Crippen LogP contribution is 2.15. The first-order valence-corrected chi connectivity index (χ1v) is 17.9. The molecule has 3 aromatic rings. The number of nitrogens with one attached hydrogen (secondary N) is 6.